The monoisotopic (exact) mass is 244 g/mol. The van der Waals surface area contributed by atoms with Crippen LogP contribution < -0.4 is 4.90 Å². The van der Waals surface area contributed by atoms with Crippen molar-refractivity contribution >= 4 is 17.4 Å². The molecule has 2 aromatic rings. The van der Waals surface area contributed by atoms with Gasteiger partial charge in [-0.15, -0.1) is 0 Å². The van der Waals surface area contributed by atoms with Crippen molar-refractivity contribution in [3.63, 3.8) is 0 Å². The molecule has 1 aromatic heterocycles. The van der Waals surface area contributed by atoms with Gasteiger partial charge in [0.2, 0.25) is 0 Å². The first kappa shape index (κ1) is 10.6. The molecule has 86 valence electrons. The number of benzene rings is 1. The van der Waals surface area contributed by atoms with Crippen molar-refractivity contribution in [3.8, 4) is 0 Å². The van der Waals surface area contributed by atoms with Crippen molar-refractivity contribution in [1.82, 2.24) is 4.98 Å². The van der Waals surface area contributed by atoms with E-state index in [9.17, 15) is 0 Å². The van der Waals surface area contributed by atoms with Crippen LogP contribution in [0.15, 0.2) is 48.7 Å². The summed E-state index contributed by atoms with van der Waals surface area (Å²) in [7, 11) is 0. The van der Waals surface area contributed by atoms with E-state index in [2.05, 4.69) is 40.2 Å². The Bertz CT molecular complexity index is 507. The summed E-state index contributed by atoms with van der Waals surface area (Å²) in [5.74, 6) is 1.51. The highest BCUT2D eigenvalue weighted by molar-refractivity contribution is 6.32. The average Bonchev–Trinajstić information content (AvgIpc) is 2.31. The molecular formula is C14H13ClN2. The molecule has 0 amide bonds. The van der Waals surface area contributed by atoms with Gasteiger partial charge in [0, 0.05) is 25.2 Å². The summed E-state index contributed by atoms with van der Waals surface area (Å²) in [6.07, 6.45) is 1.79. The van der Waals surface area contributed by atoms with Gasteiger partial charge in [-0.1, -0.05) is 41.9 Å². The molecule has 2 nitrogen and oxygen atoms in total. The molecule has 2 heterocycles. The van der Waals surface area contributed by atoms with Crippen LogP contribution in [0.2, 0.25) is 5.02 Å². The highest BCUT2D eigenvalue weighted by Gasteiger charge is 2.29. The second kappa shape index (κ2) is 4.38. The predicted molar refractivity (Wildman–Crippen MR) is 70.6 cm³/mol. The normalized spacial score (nSPS) is 15.7. The first-order valence-corrected chi connectivity index (χ1v) is 6.13. The van der Waals surface area contributed by atoms with Crippen LogP contribution in [-0.4, -0.2) is 18.1 Å². The Balaban J connectivity index is 1.72. The number of anilines is 1. The lowest BCUT2D eigenvalue weighted by Gasteiger charge is -2.40. The molecule has 1 aliphatic heterocycles. The molecule has 0 saturated carbocycles. The van der Waals surface area contributed by atoms with Crippen molar-refractivity contribution < 1.29 is 0 Å². The second-order valence-corrected chi connectivity index (χ2v) is 4.73. The van der Waals surface area contributed by atoms with Crippen molar-refractivity contribution in [2.24, 2.45) is 0 Å². The van der Waals surface area contributed by atoms with Gasteiger partial charge in [0.25, 0.3) is 0 Å². The molecule has 1 fully saturated rings. The maximum atomic E-state index is 6.12. The largest absolute Gasteiger partial charge is 0.354 e. The third-order valence-electron chi connectivity index (χ3n) is 3.19. The van der Waals surface area contributed by atoms with Gasteiger partial charge in [0.05, 0.1) is 5.02 Å². The Morgan fingerprint density at radius 3 is 2.53 bits per heavy atom. The minimum atomic E-state index is 0.606. The molecule has 0 N–H and O–H groups in total. The Kier molecular flexibility index (Phi) is 2.73. The lowest BCUT2D eigenvalue weighted by molar-refractivity contribution is 0.520. The SMILES string of the molecule is Clc1cccnc1N1CC(c2ccccc2)C1. The van der Waals surface area contributed by atoms with Crippen LogP contribution in [0.25, 0.3) is 0 Å². The Morgan fingerprint density at radius 1 is 1.06 bits per heavy atom. The lowest BCUT2D eigenvalue weighted by Crippen LogP contribution is -2.45. The number of rotatable bonds is 2. The summed E-state index contributed by atoms with van der Waals surface area (Å²) < 4.78 is 0. The van der Waals surface area contributed by atoms with E-state index in [0.29, 0.717) is 5.92 Å². The van der Waals surface area contributed by atoms with Crippen LogP contribution in [0.5, 0.6) is 0 Å². The quantitative estimate of drug-likeness (QED) is 0.806. The summed E-state index contributed by atoms with van der Waals surface area (Å²) >= 11 is 6.12. The fourth-order valence-electron chi connectivity index (χ4n) is 2.20. The van der Waals surface area contributed by atoms with Crippen LogP contribution in [-0.2, 0) is 0 Å². The lowest BCUT2D eigenvalue weighted by atomic mass is 9.91. The standard InChI is InChI=1S/C14H13ClN2/c15-13-7-4-8-16-14(13)17-9-12(10-17)11-5-2-1-3-6-11/h1-8,12H,9-10H2. The van der Waals surface area contributed by atoms with Gasteiger partial charge in [-0.3, -0.25) is 0 Å². The molecule has 3 rings (SSSR count). The van der Waals surface area contributed by atoms with Crippen LogP contribution in [0, 0.1) is 0 Å². The van der Waals surface area contributed by atoms with E-state index in [-0.39, 0.29) is 0 Å². The first-order valence-electron chi connectivity index (χ1n) is 5.75. The molecule has 3 heteroatoms. The summed E-state index contributed by atoms with van der Waals surface area (Å²) in [6, 6.07) is 14.3. The molecule has 0 radical (unpaired) electrons. The molecule has 0 unspecified atom stereocenters. The minimum Gasteiger partial charge on any atom is -0.354 e. The Morgan fingerprint density at radius 2 is 1.82 bits per heavy atom. The van der Waals surface area contributed by atoms with Crippen molar-refractivity contribution in [2.75, 3.05) is 18.0 Å². The van der Waals surface area contributed by atoms with Crippen molar-refractivity contribution in [2.45, 2.75) is 5.92 Å². The number of pyridine rings is 1. The van der Waals surface area contributed by atoms with Gasteiger partial charge in [-0.25, -0.2) is 4.98 Å². The summed E-state index contributed by atoms with van der Waals surface area (Å²) in [5.41, 5.74) is 1.40. The highest BCUT2D eigenvalue weighted by atomic mass is 35.5. The number of nitrogens with zero attached hydrogens (tertiary/aromatic N) is 2. The van der Waals surface area contributed by atoms with E-state index in [1.807, 2.05) is 12.1 Å². The number of hydrogen-bond acceptors (Lipinski definition) is 2. The maximum Gasteiger partial charge on any atom is 0.147 e. The second-order valence-electron chi connectivity index (χ2n) is 4.32. The van der Waals surface area contributed by atoms with E-state index >= 15 is 0 Å². The minimum absolute atomic E-state index is 0.606. The number of aromatic nitrogens is 1. The number of hydrogen-bond donors (Lipinski definition) is 0. The van der Waals surface area contributed by atoms with Crippen LogP contribution in [0.3, 0.4) is 0 Å². The molecule has 0 atom stereocenters. The van der Waals surface area contributed by atoms with E-state index in [4.69, 9.17) is 11.6 Å². The molecule has 0 bridgehead atoms. The van der Waals surface area contributed by atoms with E-state index in [1.165, 1.54) is 5.56 Å². The molecule has 0 aliphatic carbocycles. The van der Waals surface area contributed by atoms with Gasteiger partial charge >= 0.3 is 0 Å². The van der Waals surface area contributed by atoms with Crippen LogP contribution in [0.4, 0.5) is 5.82 Å². The van der Waals surface area contributed by atoms with Crippen LogP contribution in [0.1, 0.15) is 11.5 Å². The van der Waals surface area contributed by atoms with E-state index < -0.39 is 0 Å². The van der Waals surface area contributed by atoms with Gasteiger partial charge < -0.3 is 4.90 Å². The van der Waals surface area contributed by atoms with Crippen molar-refractivity contribution in [3.05, 3.63) is 59.2 Å². The highest BCUT2D eigenvalue weighted by Crippen LogP contribution is 2.33. The Labute approximate surface area is 106 Å². The molecule has 0 spiro atoms. The molecule has 1 aromatic carbocycles. The van der Waals surface area contributed by atoms with Gasteiger partial charge in [-0.2, -0.15) is 0 Å². The summed E-state index contributed by atoms with van der Waals surface area (Å²) in [5, 5.41) is 0.735. The summed E-state index contributed by atoms with van der Waals surface area (Å²) in [6.45, 7) is 2.00. The maximum absolute atomic E-state index is 6.12. The molecule has 1 saturated heterocycles. The zero-order valence-corrected chi connectivity index (χ0v) is 10.1. The Hall–Kier alpha value is -1.54. The third kappa shape index (κ3) is 2.01. The summed E-state index contributed by atoms with van der Waals surface area (Å²) in [4.78, 5) is 6.54. The van der Waals surface area contributed by atoms with Gasteiger partial charge in [0.15, 0.2) is 0 Å². The fraction of sp³-hybridized carbons (Fsp3) is 0.214. The van der Waals surface area contributed by atoms with Crippen LogP contribution >= 0.6 is 11.6 Å². The molecular weight excluding hydrogens is 232 g/mol. The predicted octanol–water partition coefficient (Wildman–Crippen LogP) is 3.34. The first-order chi connectivity index (χ1) is 8.34. The zero-order valence-electron chi connectivity index (χ0n) is 9.38. The third-order valence-corrected chi connectivity index (χ3v) is 3.49. The topological polar surface area (TPSA) is 16.1 Å². The van der Waals surface area contributed by atoms with Crippen molar-refractivity contribution in [1.29, 1.82) is 0 Å². The smallest absolute Gasteiger partial charge is 0.147 e. The molecule has 17 heavy (non-hydrogen) atoms. The van der Waals surface area contributed by atoms with E-state index in [0.717, 1.165) is 23.9 Å². The zero-order chi connectivity index (χ0) is 11.7. The van der Waals surface area contributed by atoms with Gasteiger partial charge in [0.1, 0.15) is 5.82 Å². The van der Waals surface area contributed by atoms with E-state index in [1.54, 1.807) is 6.20 Å². The fourth-order valence-corrected chi connectivity index (χ4v) is 2.44. The molecule has 1 aliphatic rings. The number of halogens is 1. The average molecular weight is 245 g/mol. The van der Waals surface area contributed by atoms with Gasteiger partial charge in [-0.05, 0) is 17.7 Å².